The number of benzene rings is 1. The Balaban J connectivity index is 2.18. The van der Waals surface area contributed by atoms with Gasteiger partial charge in [0.2, 0.25) is 0 Å². The van der Waals surface area contributed by atoms with Gasteiger partial charge in [0.25, 0.3) is 0 Å². The summed E-state index contributed by atoms with van der Waals surface area (Å²) < 4.78 is 13.0. The minimum absolute atomic E-state index is 0.341. The summed E-state index contributed by atoms with van der Waals surface area (Å²) >= 11 is 5.75. The zero-order chi connectivity index (χ0) is 16.2. The molecule has 5 heteroatoms. The number of rotatable bonds is 7. The largest absolute Gasteiger partial charge is 0.476 e. The van der Waals surface area contributed by atoms with Crippen LogP contribution in [0, 0.1) is 0 Å². The summed E-state index contributed by atoms with van der Waals surface area (Å²) in [6.07, 6.45) is 2.97. The Morgan fingerprint density at radius 2 is 2.09 bits per heavy atom. The van der Waals surface area contributed by atoms with Gasteiger partial charge in [-0.15, -0.1) is 11.6 Å². The lowest BCUT2D eigenvalue weighted by molar-refractivity contribution is -0.158. The van der Waals surface area contributed by atoms with Crippen molar-refractivity contribution in [2.45, 2.75) is 39.3 Å². The van der Waals surface area contributed by atoms with Gasteiger partial charge in [-0.2, -0.15) is 0 Å². The van der Waals surface area contributed by atoms with Crippen LogP contribution in [0.3, 0.4) is 0 Å². The first-order valence-corrected chi connectivity index (χ1v) is 8.02. The molecule has 0 aliphatic carbocycles. The second kappa shape index (κ2) is 7.05. The fraction of sp³-hybridized carbons (Fsp3) is 0.471. The Morgan fingerprint density at radius 1 is 1.32 bits per heavy atom. The van der Waals surface area contributed by atoms with Crippen LogP contribution < -0.4 is 4.74 Å². The van der Waals surface area contributed by atoms with E-state index in [1.165, 1.54) is 0 Å². The summed E-state index contributed by atoms with van der Waals surface area (Å²) in [6.45, 7) is 6.43. The topological polar surface area (TPSA) is 40.5 Å². The Labute approximate surface area is 136 Å². The molecule has 1 aromatic heterocycles. The van der Waals surface area contributed by atoms with E-state index in [4.69, 9.17) is 21.1 Å². The third-order valence-corrected chi connectivity index (χ3v) is 3.68. The van der Waals surface area contributed by atoms with Crippen molar-refractivity contribution in [3.05, 3.63) is 30.5 Å². The van der Waals surface area contributed by atoms with Gasteiger partial charge in [-0.05, 0) is 51.5 Å². The molecule has 120 valence electrons. The van der Waals surface area contributed by atoms with Crippen molar-refractivity contribution in [2.24, 2.45) is 0 Å². The van der Waals surface area contributed by atoms with Crippen molar-refractivity contribution in [1.29, 1.82) is 0 Å². The predicted molar refractivity (Wildman–Crippen MR) is 88.6 cm³/mol. The van der Waals surface area contributed by atoms with Gasteiger partial charge in [0, 0.05) is 29.5 Å². The fourth-order valence-corrected chi connectivity index (χ4v) is 2.43. The number of halogens is 1. The maximum Gasteiger partial charge on any atom is 0.349 e. The van der Waals surface area contributed by atoms with Crippen molar-refractivity contribution in [1.82, 2.24) is 4.57 Å². The molecule has 1 aromatic carbocycles. The molecule has 2 aromatic rings. The fourth-order valence-electron chi connectivity index (χ4n) is 2.31. The van der Waals surface area contributed by atoms with Gasteiger partial charge < -0.3 is 14.0 Å². The minimum atomic E-state index is -1.01. The number of hydrogen-bond donors (Lipinski definition) is 0. The van der Waals surface area contributed by atoms with Crippen LogP contribution in [0.2, 0.25) is 0 Å². The summed E-state index contributed by atoms with van der Waals surface area (Å²) in [7, 11) is 0. The molecule has 0 amide bonds. The molecule has 0 saturated carbocycles. The quantitative estimate of drug-likeness (QED) is 0.571. The number of aromatic nitrogens is 1. The lowest BCUT2D eigenvalue weighted by Gasteiger charge is -2.24. The molecule has 0 spiro atoms. The van der Waals surface area contributed by atoms with Crippen LogP contribution >= 0.6 is 11.6 Å². The van der Waals surface area contributed by atoms with Crippen molar-refractivity contribution in [2.75, 3.05) is 12.5 Å². The first-order chi connectivity index (χ1) is 10.5. The Bertz CT molecular complexity index is 648. The van der Waals surface area contributed by atoms with E-state index in [1.54, 1.807) is 20.8 Å². The maximum atomic E-state index is 11.9. The second-order valence-corrected chi connectivity index (χ2v) is 5.98. The summed E-state index contributed by atoms with van der Waals surface area (Å²) in [6, 6.07) is 7.85. The number of nitrogens with zero attached hydrogens (tertiary/aromatic N) is 1. The highest BCUT2D eigenvalue weighted by Crippen LogP contribution is 2.26. The van der Waals surface area contributed by atoms with Crippen LogP contribution in [-0.4, -0.2) is 28.6 Å². The van der Waals surface area contributed by atoms with E-state index in [2.05, 4.69) is 4.57 Å². The van der Waals surface area contributed by atoms with Crippen LogP contribution in [-0.2, 0) is 16.1 Å². The average Bonchev–Trinajstić information content (AvgIpc) is 2.87. The van der Waals surface area contributed by atoms with Crippen LogP contribution in [0.4, 0.5) is 0 Å². The highest BCUT2D eigenvalue weighted by molar-refractivity contribution is 6.17. The molecule has 0 atom stereocenters. The van der Waals surface area contributed by atoms with Crippen LogP contribution in [0.1, 0.15) is 27.2 Å². The van der Waals surface area contributed by atoms with E-state index in [1.807, 2.05) is 30.5 Å². The van der Waals surface area contributed by atoms with E-state index in [-0.39, 0.29) is 5.97 Å². The van der Waals surface area contributed by atoms with Crippen LogP contribution in [0.15, 0.2) is 30.5 Å². The lowest BCUT2D eigenvalue weighted by atomic mass is 10.1. The van der Waals surface area contributed by atoms with E-state index < -0.39 is 5.60 Å². The number of carbonyl (C=O) groups excluding carboxylic acids is 1. The molecule has 0 bridgehead atoms. The highest BCUT2D eigenvalue weighted by Gasteiger charge is 2.31. The number of fused-ring (bicyclic) bond motifs is 1. The molecule has 0 aliphatic heterocycles. The Hall–Kier alpha value is -1.68. The summed E-state index contributed by atoms with van der Waals surface area (Å²) in [4.78, 5) is 11.9. The molecule has 0 radical (unpaired) electrons. The summed E-state index contributed by atoms with van der Waals surface area (Å²) in [5.74, 6) is 0.935. The van der Waals surface area contributed by atoms with Gasteiger partial charge in [-0.25, -0.2) is 4.79 Å². The number of hydrogen-bond acceptors (Lipinski definition) is 3. The van der Waals surface area contributed by atoms with E-state index in [9.17, 15) is 4.79 Å². The van der Waals surface area contributed by atoms with Gasteiger partial charge in [0.05, 0.1) is 6.61 Å². The molecule has 0 unspecified atom stereocenters. The summed E-state index contributed by atoms with van der Waals surface area (Å²) in [5.41, 5.74) is 0.122. The van der Waals surface area contributed by atoms with Crippen molar-refractivity contribution < 1.29 is 14.3 Å². The molecule has 0 saturated heterocycles. The van der Waals surface area contributed by atoms with E-state index in [0.29, 0.717) is 18.2 Å². The monoisotopic (exact) mass is 323 g/mol. The number of alkyl halides is 1. The average molecular weight is 324 g/mol. The molecular weight excluding hydrogens is 302 g/mol. The molecule has 22 heavy (non-hydrogen) atoms. The SMILES string of the molecule is CCOC(=O)C(C)(C)Oc1ccc2c(ccn2CCCCl)c1. The van der Waals surface area contributed by atoms with Gasteiger partial charge >= 0.3 is 5.97 Å². The number of carbonyl (C=O) groups is 1. The molecule has 4 nitrogen and oxygen atoms in total. The van der Waals surface area contributed by atoms with Gasteiger partial charge in [-0.1, -0.05) is 0 Å². The smallest absolute Gasteiger partial charge is 0.349 e. The number of aryl methyl sites for hydroxylation is 1. The Kier molecular flexibility index (Phi) is 5.35. The highest BCUT2D eigenvalue weighted by atomic mass is 35.5. The predicted octanol–water partition coefficient (Wildman–Crippen LogP) is 3.99. The standard InChI is InChI=1S/C17H22ClNO3/c1-4-21-16(20)17(2,3)22-14-6-7-15-13(12-14)8-11-19(15)10-5-9-18/h6-8,11-12H,4-5,9-10H2,1-3H3. The van der Waals surface area contributed by atoms with E-state index in [0.717, 1.165) is 23.9 Å². The maximum absolute atomic E-state index is 11.9. The van der Waals surface area contributed by atoms with Gasteiger partial charge in [0.1, 0.15) is 5.75 Å². The van der Waals surface area contributed by atoms with Gasteiger partial charge in [0.15, 0.2) is 5.60 Å². The number of esters is 1. The molecule has 0 N–H and O–H groups in total. The van der Waals surface area contributed by atoms with Gasteiger partial charge in [-0.3, -0.25) is 0 Å². The summed E-state index contributed by atoms with van der Waals surface area (Å²) in [5, 5.41) is 1.08. The Morgan fingerprint density at radius 3 is 2.77 bits per heavy atom. The number of ether oxygens (including phenoxy) is 2. The second-order valence-electron chi connectivity index (χ2n) is 5.61. The first-order valence-electron chi connectivity index (χ1n) is 7.49. The third-order valence-electron chi connectivity index (χ3n) is 3.42. The molecule has 1 heterocycles. The minimum Gasteiger partial charge on any atom is -0.476 e. The van der Waals surface area contributed by atoms with Crippen molar-refractivity contribution in [3.63, 3.8) is 0 Å². The zero-order valence-corrected chi connectivity index (χ0v) is 14.0. The first kappa shape index (κ1) is 16.7. The molecular formula is C17H22ClNO3. The third kappa shape index (κ3) is 3.74. The molecule has 0 aliphatic rings. The van der Waals surface area contributed by atoms with Crippen molar-refractivity contribution in [3.8, 4) is 5.75 Å². The van der Waals surface area contributed by atoms with Crippen LogP contribution in [0.5, 0.6) is 5.75 Å². The van der Waals surface area contributed by atoms with Crippen molar-refractivity contribution >= 4 is 28.5 Å². The van der Waals surface area contributed by atoms with Crippen LogP contribution in [0.25, 0.3) is 10.9 Å². The molecule has 2 rings (SSSR count). The zero-order valence-electron chi connectivity index (χ0n) is 13.3. The lowest BCUT2D eigenvalue weighted by Crippen LogP contribution is -2.39. The van der Waals surface area contributed by atoms with E-state index >= 15 is 0 Å². The molecule has 0 fully saturated rings. The normalized spacial score (nSPS) is 11.6.